The zero-order chi connectivity index (χ0) is 24.4. The van der Waals surface area contributed by atoms with E-state index in [-0.39, 0.29) is 23.9 Å². The quantitative estimate of drug-likeness (QED) is 0.381. The lowest BCUT2D eigenvalue weighted by molar-refractivity contribution is -0.119. The molecule has 7 nitrogen and oxygen atoms in total. The minimum atomic E-state index is 0.0553. The lowest BCUT2D eigenvalue weighted by atomic mass is 9.95. The number of ether oxygens (including phenoxy) is 2. The maximum absolute atomic E-state index is 12.3. The number of nitrogens with zero attached hydrogens (tertiary/aromatic N) is 3. The van der Waals surface area contributed by atoms with Crippen molar-refractivity contribution in [2.75, 3.05) is 0 Å². The second kappa shape index (κ2) is 7.92. The van der Waals surface area contributed by atoms with Crippen LogP contribution in [0.15, 0.2) is 48.7 Å². The number of nitriles is 1. The van der Waals surface area contributed by atoms with E-state index >= 15 is 0 Å². The second-order valence-electron chi connectivity index (χ2n) is 9.92. The van der Waals surface area contributed by atoms with Gasteiger partial charge in [0.25, 0.3) is 0 Å². The summed E-state index contributed by atoms with van der Waals surface area (Å²) in [6.45, 7) is 2.11. The van der Waals surface area contributed by atoms with Crippen LogP contribution in [0.3, 0.4) is 0 Å². The van der Waals surface area contributed by atoms with Crippen molar-refractivity contribution in [2.45, 2.75) is 56.5 Å². The van der Waals surface area contributed by atoms with Gasteiger partial charge in [-0.15, -0.1) is 0 Å². The SMILES string of the molecule is CCC1CC(=O)CCc2c(Oc3ccc4c(c3)C3C(O4)C3c3nc4ccc(C#N)cc4[nH]3)ccnc21. The molecule has 36 heavy (non-hydrogen) atoms. The number of H-pyrrole nitrogens is 1. The second-order valence-corrected chi connectivity index (χ2v) is 9.92. The lowest BCUT2D eigenvalue weighted by Crippen LogP contribution is -2.05. The van der Waals surface area contributed by atoms with E-state index in [1.54, 1.807) is 12.3 Å². The normalized spacial score (nSPS) is 23.7. The number of aromatic amines is 1. The standard InChI is InChI=1S/C29H24N4O3/c1-2-16-12-17(34)4-6-19-24(9-10-31-27(16)19)35-18-5-8-23-20(13-18)25-26(28(25)36-23)29-32-21-7-3-15(14-30)11-22(21)33-29/h3,5,7-11,13,16,25-26,28H,2,4,6,12H2,1H3,(H,32,33). The highest BCUT2D eigenvalue weighted by Gasteiger charge is 2.61. The Balaban J connectivity index is 1.17. The van der Waals surface area contributed by atoms with Crippen molar-refractivity contribution >= 4 is 16.8 Å². The Hall–Kier alpha value is -4.18. The Morgan fingerprint density at radius 1 is 1.17 bits per heavy atom. The molecule has 0 amide bonds. The molecule has 4 atom stereocenters. The van der Waals surface area contributed by atoms with Crippen LogP contribution in [0.25, 0.3) is 11.0 Å². The number of nitrogens with one attached hydrogen (secondary N) is 1. The molecular weight excluding hydrogens is 452 g/mol. The van der Waals surface area contributed by atoms with Crippen molar-refractivity contribution < 1.29 is 14.3 Å². The number of aromatic nitrogens is 3. The number of rotatable bonds is 4. The minimum Gasteiger partial charge on any atom is -0.489 e. The van der Waals surface area contributed by atoms with Crippen LogP contribution >= 0.6 is 0 Å². The number of ketones is 1. The molecule has 2 aromatic carbocycles. The van der Waals surface area contributed by atoms with Gasteiger partial charge in [0.05, 0.1) is 34.3 Å². The minimum absolute atomic E-state index is 0.0553. The molecule has 4 aromatic rings. The third-order valence-electron chi connectivity index (χ3n) is 7.78. The van der Waals surface area contributed by atoms with Gasteiger partial charge in [0.1, 0.15) is 35.0 Å². The zero-order valence-corrected chi connectivity index (χ0v) is 19.8. The predicted molar refractivity (Wildman–Crippen MR) is 132 cm³/mol. The first-order chi connectivity index (χ1) is 17.6. The Morgan fingerprint density at radius 3 is 2.94 bits per heavy atom. The number of fused-ring (bicyclic) bond motifs is 5. The molecule has 3 aliphatic rings. The maximum atomic E-state index is 12.3. The maximum Gasteiger partial charge on any atom is 0.133 e. The van der Waals surface area contributed by atoms with Gasteiger partial charge in [-0.1, -0.05) is 6.92 Å². The van der Waals surface area contributed by atoms with Crippen molar-refractivity contribution in [3.05, 3.63) is 76.9 Å². The van der Waals surface area contributed by atoms with Crippen LogP contribution in [0.2, 0.25) is 0 Å². The molecule has 0 spiro atoms. The molecule has 3 heterocycles. The van der Waals surface area contributed by atoms with Crippen LogP contribution in [0.1, 0.15) is 72.1 Å². The topological polar surface area (TPSA) is 101 Å². The van der Waals surface area contributed by atoms with Crippen molar-refractivity contribution in [2.24, 2.45) is 0 Å². The molecule has 2 aliphatic carbocycles. The molecule has 1 saturated carbocycles. The molecule has 2 aromatic heterocycles. The molecule has 4 unspecified atom stereocenters. The Morgan fingerprint density at radius 2 is 2.08 bits per heavy atom. The number of hydrogen-bond acceptors (Lipinski definition) is 6. The number of carbonyl (C=O) groups is 1. The Bertz CT molecular complexity index is 1580. The van der Waals surface area contributed by atoms with E-state index in [1.807, 2.05) is 30.3 Å². The fourth-order valence-electron chi connectivity index (χ4n) is 5.88. The van der Waals surface area contributed by atoms with Crippen LogP contribution < -0.4 is 9.47 Å². The van der Waals surface area contributed by atoms with Crippen LogP contribution in [-0.2, 0) is 11.2 Å². The first kappa shape index (κ1) is 21.1. The van der Waals surface area contributed by atoms with Crippen molar-refractivity contribution in [1.82, 2.24) is 15.0 Å². The molecule has 0 bridgehead atoms. The average molecular weight is 477 g/mol. The number of benzene rings is 2. The van der Waals surface area contributed by atoms with Crippen LogP contribution in [0.4, 0.5) is 0 Å². The summed E-state index contributed by atoms with van der Waals surface area (Å²) in [7, 11) is 0. The van der Waals surface area contributed by atoms with Crippen molar-refractivity contribution in [1.29, 1.82) is 5.26 Å². The van der Waals surface area contributed by atoms with Crippen molar-refractivity contribution in [3.8, 4) is 23.3 Å². The third-order valence-corrected chi connectivity index (χ3v) is 7.78. The van der Waals surface area contributed by atoms with E-state index in [1.165, 1.54) is 0 Å². The average Bonchev–Trinajstić information content (AvgIpc) is 3.31. The molecule has 1 aliphatic heterocycles. The van der Waals surface area contributed by atoms with Gasteiger partial charge in [0.15, 0.2) is 0 Å². The van der Waals surface area contributed by atoms with Gasteiger partial charge >= 0.3 is 0 Å². The summed E-state index contributed by atoms with van der Waals surface area (Å²) in [4.78, 5) is 25.1. The first-order valence-electron chi connectivity index (χ1n) is 12.5. The van der Waals surface area contributed by atoms with Crippen LogP contribution in [-0.4, -0.2) is 26.8 Å². The fourth-order valence-corrected chi connectivity index (χ4v) is 5.88. The first-order valence-corrected chi connectivity index (χ1v) is 12.5. The van der Waals surface area contributed by atoms with E-state index in [0.29, 0.717) is 30.6 Å². The number of Topliss-reactive ketones (excluding diaryl/α,β-unsaturated/α-hetero) is 1. The van der Waals surface area contributed by atoms with Gasteiger partial charge in [-0.3, -0.25) is 9.78 Å². The largest absolute Gasteiger partial charge is 0.489 e. The van der Waals surface area contributed by atoms with Gasteiger partial charge in [0, 0.05) is 42.0 Å². The van der Waals surface area contributed by atoms with Gasteiger partial charge in [0.2, 0.25) is 0 Å². The molecule has 1 fully saturated rings. The molecule has 178 valence electrons. The van der Waals surface area contributed by atoms with E-state index in [0.717, 1.165) is 57.3 Å². The number of pyridine rings is 1. The third kappa shape index (κ3) is 3.29. The van der Waals surface area contributed by atoms with Gasteiger partial charge in [-0.05, 0) is 55.3 Å². The monoisotopic (exact) mass is 476 g/mol. The number of carbonyl (C=O) groups excluding carboxylic acids is 1. The molecular formula is C29H24N4O3. The summed E-state index contributed by atoms with van der Waals surface area (Å²) >= 11 is 0. The lowest BCUT2D eigenvalue weighted by Gasteiger charge is -2.17. The van der Waals surface area contributed by atoms with E-state index in [4.69, 9.17) is 14.5 Å². The van der Waals surface area contributed by atoms with E-state index in [9.17, 15) is 10.1 Å². The Kier molecular flexibility index (Phi) is 4.65. The zero-order valence-electron chi connectivity index (χ0n) is 19.8. The summed E-state index contributed by atoms with van der Waals surface area (Å²) in [6.07, 6.45) is 4.47. The van der Waals surface area contributed by atoms with Gasteiger partial charge in [-0.25, -0.2) is 4.98 Å². The number of imidazole rings is 1. The van der Waals surface area contributed by atoms with E-state index in [2.05, 4.69) is 29.0 Å². The molecule has 7 heteroatoms. The summed E-state index contributed by atoms with van der Waals surface area (Å²) < 4.78 is 12.6. The van der Waals surface area contributed by atoms with E-state index < -0.39 is 0 Å². The summed E-state index contributed by atoms with van der Waals surface area (Å²) in [6, 6.07) is 15.6. The summed E-state index contributed by atoms with van der Waals surface area (Å²) in [5.41, 5.74) is 5.51. The molecule has 1 N–H and O–H groups in total. The van der Waals surface area contributed by atoms with Gasteiger partial charge < -0.3 is 14.5 Å². The Labute approximate surface area is 208 Å². The van der Waals surface area contributed by atoms with Gasteiger partial charge in [-0.2, -0.15) is 5.26 Å². The number of hydrogen-bond donors (Lipinski definition) is 1. The highest BCUT2D eigenvalue weighted by atomic mass is 16.5. The predicted octanol–water partition coefficient (Wildman–Crippen LogP) is 5.66. The molecule has 0 saturated heterocycles. The van der Waals surface area contributed by atoms with Crippen LogP contribution in [0.5, 0.6) is 17.2 Å². The smallest absolute Gasteiger partial charge is 0.133 e. The fraction of sp³-hybridized carbons (Fsp3) is 0.310. The summed E-state index contributed by atoms with van der Waals surface area (Å²) in [5, 5.41) is 9.18. The van der Waals surface area contributed by atoms with Crippen LogP contribution in [0, 0.1) is 11.3 Å². The molecule has 7 rings (SSSR count). The highest BCUT2D eigenvalue weighted by Crippen LogP contribution is 2.63. The molecule has 0 radical (unpaired) electrons. The summed E-state index contributed by atoms with van der Waals surface area (Å²) in [5.74, 6) is 4.12. The van der Waals surface area contributed by atoms with Crippen molar-refractivity contribution in [3.63, 3.8) is 0 Å². The highest BCUT2D eigenvalue weighted by molar-refractivity contribution is 5.80.